The number of nitrogens with one attached hydrogen (secondary N) is 2. The van der Waals surface area contributed by atoms with Crippen molar-refractivity contribution < 1.29 is 14.3 Å². The summed E-state index contributed by atoms with van der Waals surface area (Å²) in [5, 5.41) is 7.90. The van der Waals surface area contributed by atoms with Gasteiger partial charge >= 0.3 is 0 Å². The van der Waals surface area contributed by atoms with E-state index >= 15 is 0 Å². The SMILES string of the molecule is CCN(CC)C(=O)COc1ccc(/C(C)=N/NC(=S)NCC2CCCO2)cc1. The zero-order chi connectivity index (χ0) is 20.4. The number of carbonyl (C=O) groups excluding carboxylic acids is 1. The highest BCUT2D eigenvalue weighted by Gasteiger charge is 2.15. The lowest BCUT2D eigenvalue weighted by Gasteiger charge is -2.18. The van der Waals surface area contributed by atoms with Crippen LogP contribution in [0.3, 0.4) is 0 Å². The Morgan fingerprint density at radius 2 is 2.04 bits per heavy atom. The minimum absolute atomic E-state index is 0.0139. The molecule has 1 heterocycles. The fourth-order valence-electron chi connectivity index (χ4n) is 2.86. The van der Waals surface area contributed by atoms with Crippen molar-refractivity contribution in [1.82, 2.24) is 15.6 Å². The molecule has 0 aliphatic carbocycles. The predicted octanol–water partition coefficient (Wildman–Crippen LogP) is 2.30. The summed E-state index contributed by atoms with van der Waals surface area (Å²) >= 11 is 5.24. The number of hydrogen-bond donors (Lipinski definition) is 2. The van der Waals surface area contributed by atoms with E-state index in [0.29, 0.717) is 30.5 Å². The van der Waals surface area contributed by atoms with Crippen LogP contribution >= 0.6 is 12.2 Å². The van der Waals surface area contributed by atoms with Crippen LogP contribution in [0, 0.1) is 0 Å². The van der Waals surface area contributed by atoms with Gasteiger partial charge in [-0.3, -0.25) is 10.2 Å². The van der Waals surface area contributed by atoms with Crippen LogP contribution < -0.4 is 15.5 Å². The molecule has 1 aromatic rings. The van der Waals surface area contributed by atoms with Crippen LogP contribution in [0.1, 0.15) is 39.2 Å². The molecule has 1 atom stereocenters. The molecular formula is C20H30N4O3S. The Balaban J connectivity index is 1.78. The Hall–Kier alpha value is -2.19. The Morgan fingerprint density at radius 3 is 2.64 bits per heavy atom. The number of hydrazone groups is 1. The topological polar surface area (TPSA) is 75.2 Å². The fourth-order valence-corrected chi connectivity index (χ4v) is 2.98. The second-order valence-electron chi connectivity index (χ2n) is 6.53. The number of thiocarbonyl (C=S) groups is 1. The minimum Gasteiger partial charge on any atom is -0.484 e. The van der Waals surface area contributed by atoms with E-state index in [1.165, 1.54) is 0 Å². The Labute approximate surface area is 172 Å². The Bertz CT molecular complexity index is 669. The van der Waals surface area contributed by atoms with Crippen LogP contribution in [-0.2, 0) is 9.53 Å². The summed E-state index contributed by atoms with van der Waals surface area (Å²) in [4.78, 5) is 13.7. The van der Waals surface area contributed by atoms with Gasteiger partial charge in [0, 0.05) is 26.2 Å². The maximum absolute atomic E-state index is 12.0. The molecule has 2 rings (SSSR count). The normalized spacial score (nSPS) is 16.5. The quantitative estimate of drug-likeness (QED) is 0.372. The van der Waals surface area contributed by atoms with Crippen LogP contribution in [-0.4, -0.2) is 60.6 Å². The van der Waals surface area contributed by atoms with E-state index in [4.69, 9.17) is 21.7 Å². The number of rotatable bonds is 9. The first-order valence-corrected chi connectivity index (χ1v) is 10.1. The molecule has 0 bridgehead atoms. The molecule has 154 valence electrons. The number of benzene rings is 1. The number of nitrogens with zero attached hydrogens (tertiary/aromatic N) is 2. The van der Waals surface area contributed by atoms with Gasteiger partial charge in [-0.05, 0) is 75.7 Å². The van der Waals surface area contributed by atoms with Crippen molar-refractivity contribution >= 4 is 28.9 Å². The Morgan fingerprint density at radius 1 is 1.32 bits per heavy atom. The lowest BCUT2D eigenvalue weighted by molar-refractivity contribution is -0.132. The highest BCUT2D eigenvalue weighted by molar-refractivity contribution is 7.80. The van der Waals surface area contributed by atoms with Crippen LogP contribution in [0.5, 0.6) is 5.75 Å². The molecule has 0 radical (unpaired) electrons. The fraction of sp³-hybridized carbons (Fsp3) is 0.550. The molecule has 8 heteroatoms. The smallest absolute Gasteiger partial charge is 0.260 e. The standard InChI is InChI=1S/C20H30N4O3S/c1-4-24(5-2)19(25)14-27-17-10-8-16(9-11-17)15(3)22-23-20(28)21-13-18-7-6-12-26-18/h8-11,18H,4-7,12-14H2,1-3H3,(H2,21,23,28)/b22-15+. The second-order valence-corrected chi connectivity index (χ2v) is 6.94. The van der Waals surface area contributed by atoms with Crippen molar-refractivity contribution in [2.75, 3.05) is 32.8 Å². The average Bonchev–Trinajstić information content (AvgIpc) is 3.24. The number of carbonyl (C=O) groups is 1. The van der Waals surface area contributed by atoms with Gasteiger partial charge in [0.15, 0.2) is 11.7 Å². The lowest BCUT2D eigenvalue weighted by atomic mass is 10.1. The number of amides is 1. The van der Waals surface area contributed by atoms with Gasteiger partial charge in [0.25, 0.3) is 5.91 Å². The van der Waals surface area contributed by atoms with Gasteiger partial charge in [-0.15, -0.1) is 0 Å². The van der Waals surface area contributed by atoms with Gasteiger partial charge in [-0.2, -0.15) is 5.10 Å². The lowest BCUT2D eigenvalue weighted by Crippen LogP contribution is -2.37. The summed E-state index contributed by atoms with van der Waals surface area (Å²) in [6, 6.07) is 7.47. The van der Waals surface area contributed by atoms with Gasteiger partial charge in [-0.25, -0.2) is 0 Å². The highest BCUT2D eigenvalue weighted by Crippen LogP contribution is 2.13. The van der Waals surface area contributed by atoms with Crippen molar-refractivity contribution in [2.24, 2.45) is 5.10 Å². The zero-order valence-electron chi connectivity index (χ0n) is 16.9. The van der Waals surface area contributed by atoms with Gasteiger partial charge in [-0.1, -0.05) is 0 Å². The van der Waals surface area contributed by atoms with Gasteiger partial charge < -0.3 is 19.7 Å². The summed E-state index contributed by atoms with van der Waals surface area (Å²) in [6.45, 7) is 8.74. The molecule has 1 aliphatic rings. The summed E-state index contributed by atoms with van der Waals surface area (Å²) in [7, 11) is 0. The van der Waals surface area contributed by atoms with Crippen molar-refractivity contribution in [3.63, 3.8) is 0 Å². The van der Waals surface area contributed by atoms with Crippen LogP contribution in [0.4, 0.5) is 0 Å². The van der Waals surface area contributed by atoms with Gasteiger partial charge in [0.05, 0.1) is 11.8 Å². The molecule has 2 N–H and O–H groups in total. The molecule has 0 saturated carbocycles. The molecule has 1 aliphatic heterocycles. The molecule has 1 saturated heterocycles. The summed E-state index contributed by atoms with van der Waals surface area (Å²) in [6.07, 6.45) is 2.39. The Kier molecular flexibility index (Phi) is 9.16. The van der Waals surface area contributed by atoms with E-state index < -0.39 is 0 Å². The maximum Gasteiger partial charge on any atom is 0.260 e. The molecule has 1 amide bonds. The van der Waals surface area contributed by atoms with Crippen LogP contribution in [0.2, 0.25) is 0 Å². The number of likely N-dealkylation sites (N-methyl/N-ethyl adjacent to an activating group) is 1. The highest BCUT2D eigenvalue weighted by atomic mass is 32.1. The van der Waals surface area contributed by atoms with Crippen molar-refractivity contribution in [2.45, 2.75) is 39.7 Å². The van der Waals surface area contributed by atoms with Crippen LogP contribution in [0.15, 0.2) is 29.4 Å². The summed E-state index contributed by atoms with van der Waals surface area (Å²) in [5.74, 6) is 0.638. The number of hydrogen-bond acceptors (Lipinski definition) is 5. The monoisotopic (exact) mass is 406 g/mol. The molecule has 1 unspecified atom stereocenters. The van der Waals surface area contributed by atoms with E-state index in [2.05, 4.69) is 15.8 Å². The van der Waals surface area contributed by atoms with Crippen molar-refractivity contribution in [3.8, 4) is 5.75 Å². The molecule has 0 aromatic heterocycles. The molecule has 1 fully saturated rings. The maximum atomic E-state index is 12.0. The molecule has 0 spiro atoms. The first kappa shape index (κ1) is 22.1. The molecule has 28 heavy (non-hydrogen) atoms. The van der Waals surface area contributed by atoms with Crippen LogP contribution in [0.25, 0.3) is 0 Å². The molecular weight excluding hydrogens is 376 g/mol. The number of ether oxygens (including phenoxy) is 2. The molecule has 7 nitrogen and oxygen atoms in total. The minimum atomic E-state index is -0.0139. The third-order valence-corrected chi connectivity index (χ3v) is 4.83. The van der Waals surface area contributed by atoms with Crippen molar-refractivity contribution in [3.05, 3.63) is 29.8 Å². The van der Waals surface area contributed by atoms with E-state index in [1.807, 2.05) is 45.0 Å². The third-order valence-electron chi connectivity index (χ3n) is 4.59. The third kappa shape index (κ3) is 7.09. The molecule has 1 aromatic carbocycles. The first-order valence-electron chi connectivity index (χ1n) is 9.74. The van der Waals surface area contributed by atoms with E-state index in [9.17, 15) is 4.79 Å². The second kappa shape index (κ2) is 11.6. The van der Waals surface area contributed by atoms with E-state index in [0.717, 1.165) is 30.7 Å². The summed E-state index contributed by atoms with van der Waals surface area (Å²) < 4.78 is 11.1. The van der Waals surface area contributed by atoms with E-state index in [1.54, 1.807) is 4.90 Å². The van der Waals surface area contributed by atoms with Crippen molar-refractivity contribution in [1.29, 1.82) is 0 Å². The van der Waals surface area contributed by atoms with Gasteiger partial charge in [0.1, 0.15) is 5.75 Å². The van der Waals surface area contributed by atoms with Gasteiger partial charge in [0.2, 0.25) is 0 Å². The predicted molar refractivity (Wildman–Crippen MR) is 115 cm³/mol. The largest absolute Gasteiger partial charge is 0.484 e. The van der Waals surface area contributed by atoms with E-state index in [-0.39, 0.29) is 18.6 Å². The first-order chi connectivity index (χ1) is 13.5. The summed E-state index contributed by atoms with van der Waals surface area (Å²) in [5.41, 5.74) is 4.60. The average molecular weight is 407 g/mol. The zero-order valence-corrected chi connectivity index (χ0v) is 17.7.